The Morgan fingerprint density at radius 1 is 0.970 bits per heavy atom. The summed E-state index contributed by atoms with van der Waals surface area (Å²) in [6, 6.07) is 27.2. The Morgan fingerprint density at radius 3 is 2.61 bits per heavy atom. The topological polar surface area (TPSA) is 61.4 Å². The predicted octanol–water partition coefficient (Wildman–Crippen LogP) is 5.91. The first-order valence-corrected chi connectivity index (χ1v) is 12.2. The Labute approximate surface area is 195 Å². The number of fused-ring (bicyclic) bond motifs is 3. The molecular weight excluding hydrogens is 430 g/mol. The van der Waals surface area contributed by atoms with Gasteiger partial charge in [-0.3, -0.25) is 9.00 Å². The van der Waals surface area contributed by atoms with Crippen LogP contribution in [0.3, 0.4) is 0 Å². The number of benzene rings is 4. The quantitative estimate of drug-likeness (QED) is 0.403. The van der Waals surface area contributed by atoms with Crippen LogP contribution in [0.4, 0.5) is 22.7 Å². The van der Waals surface area contributed by atoms with Gasteiger partial charge in [0.15, 0.2) is 0 Å². The summed E-state index contributed by atoms with van der Waals surface area (Å²) >= 11 is 0. The van der Waals surface area contributed by atoms with E-state index in [1.165, 1.54) is 10.8 Å². The van der Waals surface area contributed by atoms with E-state index in [2.05, 4.69) is 58.1 Å². The minimum Gasteiger partial charge on any atom is -0.379 e. The van der Waals surface area contributed by atoms with Gasteiger partial charge in [0, 0.05) is 57.0 Å². The van der Waals surface area contributed by atoms with Gasteiger partial charge in [-0.2, -0.15) is 0 Å². The maximum absolute atomic E-state index is 12.7. The second kappa shape index (κ2) is 8.92. The molecule has 5 nitrogen and oxygen atoms in total. The fraction of sp³-hybridized carbons (Fsp3) is 0.0741. The number of nitrogens with zero attached hydrogens (tertiary/aromatic N) is 1. The molecule has 33 heavy (non-hydrogen) atoms. The second-order valence-electron chi connectivity index (χ2n) is 7.80. The van der Waals surface area contributed by atoms with Crippen LogP contribution < -0.4 is 15.5 Å². The summed E-state index contributed by atoms with van der Waals surface area (Å²) in [5.41, 5.74) is 4.34. The average Bonchev–Trinajstić information content (AvgIpc) is 3.07. The van der Waals surface area contributed by atoms with E-state index in [4.69, 9.17) is 0 Å². The molecule has 0 saturated carbocycles. The van der Waals surface area contributed by atoms with Gasteiger partial charge < -0.3 is 15.5 Å². The number of hydrogen-bond acceptors (Lipinski definition) is 4. The highest BCUT2D eigenvalue weighted by Crippen LogP contribution is 2.39. The Kier molecular flexibility index (Phi) is 5.67. The summed E-state index contributed by atoms with van der Waals surface area (Å²) in [5, 5.41) is 8.83. The molecule has 1 heterocycles. The van der Waals surface area contributed by atoms with Gasteiger partial charge in [0.1, 0.15) is 0 Å². The molecule has 1 aliphatic rings. The van der Waals surface area contributed by atoms with Gasteiger partial charge in [0.25, 0.3) is 5.91 Å². The molecular formula is C27H23N3O2S. The van der Waals surface area contributed by atoms with E-state index in [1.54, 1.807) is 30.5 Å². The number of carbonyl (C=O) groups is 1. The third-order valence-corrected chi connectivity index (χ3v) is 6.57. The van der Waals surface area contributed by atoms with Crippen molar-refractivity contribution in [3.05, 3.63) is 103 Å². The molecule has 1 atom stereocenters. The fourth-order valence-electron chi connectivity index (χ4n) is 4.00. The number of hydrogen-bond donors (Lipinski definition) is 2. The molecule has 0 aliphatic carbocycles. The third-order valence-electron chi connectivity index (χ3n) is 5.65. The van der Waals surface area contributed by atoms with Gasteiger partial charge in [0.05, 0.1) is 11.4 Å². The third kappa shape index (κ3) is 4.25. The number of amides is 1. The molecule has 0 saturated heterocycles. The van der Waals surface area contributed by atoms with Gasteiger partial charge in [-0.1, -0.05) is 36.4 Å². The summed E-state index contributed by atoms with van der Waals surface area (Å²) in [6.45, 7) is 0.743. The van der Waals surface area contributed by atoms with Crippen molar-refractivity contribution < 1.29 is 9.00 Å². The van der Waals surface area contributed by atoms with E-state index >= 15 is 0 Å². The zero-order chi connectivity index (χ0) is 22.8. The predicted molar refractivity (Wildman–Crippen MR) is 137 cm³/mol. The molecule has 0 radical (unpaired) electrons. The van der Waals surface area contributed by atoms with Crippen LogP contribution in [-0.2, 0) is 10.8 Å². The molecule has 1 unspecified atom stereocenters. The zero-order valence-corrected chi connectivity index (χ0v) is 18.9. The lowest BCUT2D eigenvalue weighted by Gasteiger charge is -2.23. The van der Waals surface area contributed by atoms with E-state index < -0.39 is 10.8 Å². The van der Waals surface area contributed by atoms with Gasteiger partial charge in [-0.15, -0.1) is 0 Å². The van der Waals surface area contributed by atoms with E-state index in [-0.39, 0.29) is 5.91 Å². The van der Waals surface area contributed by atoms with Crippen molar-refractivity contribution in [3.63, 3.8) is 0 Å². The van der Waals surface area contributed by atoms with Crippen molar-refractivity contribution in [2.24, 2.45) is 0 Å². The van der Waals surface area contributed by atoms with Gasteiger partial charge in [-0.05, 0) is 60.0 Å². The Hall–Kier alpha value is -3.90. The van der Waals surface area contributed by atoms with Crippen LogP contribution in [0.1, 0.15) is 10.4 Å². The minimum absolute atomic E-state index is 0.231. The molecule has 0 bridgehead atoms. The van der Waals surface area contributed by atoms with Gasteiger partial charge in [-0.25, -0.2) is 0 Å². The Morgan fingerprint density at radius 2 is 1.79 bits per heavy atom. The van der Waals surface area contributed by atoms with E-state index in [0.717, 1.165) is 23.6 Å². The van der Waals surface area contributed by atoms with E-state index in [1.807, 2.05) is 30.3 Å². The highest BCUT2D eigenvalue weighted by molar-refractivity contribution is 7.84. The van der Waals surface area contributed by atoms with Crippen molar-refractivity contribution in [1.29, 1.82) is 0 Å². The molecule has 4 aromatic carbocycles. The number of rotatable bonds is 4. The highest BCUT2D eigenvalue weighted by Gasteiger charge is 2.16. The van der Waals surface area contributed by atoms with Crippen LogP contribution in [-0.4, -0.2) is 22.9 Å². The maximum Gasteiger partial charge on any atom is 0.255 e. The normalized spacial score (nSPS) is 13.7. The average molecular weight is 454 g/mol. The van der Waals surface area contributed by atoms with E-state index in [9.17, 15) is 9.00 Å². The summed E-state index contributed by atoms with van der Waals surface area (Å²) in [5.74, 6) is -0.231. The molecule has 0 fully saturated rings. The summed E-state index contributed by atoms with van der Waals surface area (Å²) in [4.78, 5) is 15.4. The smallest absolute Gasteiger partial charge is 0.255 e. The number of carbonyl (C=O) groups excluding carboxylic acids is 1. The lowest BCUT2D eigenvalue weighted by molar-refractivity contribution is 0.102. The summed E-state index contributed by atoms with van der Waals surface area (Å²) in [6.07, 6.45) is 5.76. The lowest BCUT2D eigenvalue weighted by Crippen LogP contribution is -2.13. The molecule has 5 rings (SSSR count). The molecule has 0 spiro atoms. The standard InChI is InChI=1S/C27H23N3O2S/c1-33(32)23-8-4-7-20(18-23)27(31)29-21-11-13-22(14-12-21)30-17-5-16-28-26-24-9-3-2-6-19(24)10-15-25(26)30/h2-15,17-18,28H,16H2,1H3,(H,29,31). The van der Waals surface area contributed by atoms with Crippen LogP contribution in [0.15, 0.2) is 102 Å². The van der Waals surface area contributed by atoms with Crippen LogP contribution in [0.5, 0.6) is 0 Å². The monoisotopic (exact) mass is 453 g/mol. The van der Waals surface area contributed by atoms with Crippen LogP contribution in [0.2, 0.25) is 0 Å². The largest absolute Gasteiger partial charge is 0.379 e. The van der Waals surface area contributed by atoms with Crippen molar-refractivity contribution >= 4 is 50.2 Å². The number of anilines is 4. The minimum atomic E-state index is -1.13. The van der Waals surface area contributed by atoms with E-state index in [0.29, 0.717) is 16.1 Å². The molecule has 0 aromatic heterocycles. The van der Waals surface area contributed by atoms with Crippen LogP contribution in [0.25, 0.3) is 10.8 Å². The molecule has 2 N–H and O–H groups in total. The lowest BCUT2D eigenvalue weighted by atomic mass is 10.1. The van der Waals surface area contributed by atoms with Crippen molar-refractivity contribution in [3.8, 4) is 0 Å². The summed E-state index contributed by atoms with van der Waals surface area (Å²) < 4.78 is 11.7. The molecule has 6 heteroatoms. The second-order valence-corrected chi connectivity index (χ2v) is 9.18. The maximum atomic E-state index is 12.7. The fourth-order valence-corrected chi connectivity index (χ4v) is 4.56. The zero-order valence-electron chi connectivity index (χ0n) is 18.1. The number of nitrogens with one attached hydrogen (secondary N) is 2. The Balaban J connectivity index is 1.41. The van der Waals surface area contributed by atoms with Gasteiger partial charge in [0.2, 0.25) is 0 Å². The molecule has 164 valence electrons. The first-order valence-electron chi connectivity index (χ1n) is 10.7. The summed E-state index contributed by atoms with van der Waals surface area (Å²) in [7, 11) is -1.13. The van der Waals surface area contributed by atoms with Crippen molar-refractivity contribution in [2.75, 3.05) is 28.3 Å². The van der Waals surface area contributed by atoms with Crippen LogP contribution in [0, 0.1) is 0 Å². The van der Waals surface area contributed by atoms with Gasteiger partial charge >= 0.3 is 0 Å². The highest BCUT2D eigenvalue weighted by atomic mass is 32.2. The van der Waals surface area contributed by atoms with Crippen molar-refractivity contribution in [1.82, 2.24) is 0 Å². The first kappa shape index (κ1) is 21.0. The SMILES string of the molecule is CS(=O)c1cccc(C(=O)Nc2ccc(N3C=CCNc4c3ccc3ccccc43)cc2)c1. The first-order chi connectivity index (χ1) is 16.1. The molecule has 1 aliphatic heterocycles. The van der Waals surface area contributed by atoms with Crippen molar-refractivity contribution in [2.45, 2.75) is 4.90 Å². The van der Waals surface area contributed by atoms with Crippen LogP contribution >= 0.6 is 0 Å². The molecule has 1 amide bonds. The Bertz CT molecular complexity index is 1400. The molecule has 4 aromatic rings.